The fourth-order valence-electron chi connectivity index (χ4n) is 4.35. The first-order chi connectivity index (χ1) is 17.1. The first kappa shape index (κ1) is 24.9. The monoisotopic (exact) mass is 486 g/mol. The van der Waals surface area contributed by atoms with Gasteiger partial charge in [0.15, 0.2) is 0 Å². The topological polar surface area (TPSA) is 115 Å². The Balaban J connectivity index is 1.70. The van der Waals surface area contributed by atoms with Crippen molar-refractivity contribution in [1.29, 1.82) is 0 Å². The maximum Gasteiger partial charge on any atom is 0.408 e. The van der Waals surface area contributed by atoms with Gasteiger partial charge in [-0.1, -0.05) is 30.3 Å². The van der Waals surface area contributed by atoms with Gasteiger partial charge < -0.3 is 20.7 Å². The van der Waals surface area contributed by atoms with Gasteiger partial charge in [0.25, 0.3) is 0 Å². The Hall–Kier alpha value is -4.20. The van der Waals surface area contributed by atoms with Crippen LogP contribution in [-0.4, -0.2) is 41.1 Å². The number of carbonyl (C=O) groups is 3. The number of pyridine rings is 1. The normalized spacial score (nSPS) is 13.6. The summed E-state index contributed by atoms with van der Waals surface area (Å²) in [5.41, 5.74) is 9.23. The second kappa shape index (κ2) is 10.2. The highest BCUT2D eigenvalue weighted by atomic mass is 16.6. The van der Waals surface area contributed by atoms with E-state index in [2.05, 4.69) is 10.3 Å². The first-order valence-electron chi connectivity index (χ1n) is 11.8. The van der Waals surface area contributed by atoms with Crippen molar-refractivity contribution in [2.45, 2.75) is 45.3 Å². The number of ether oxygens (including phenoxy) is 1. The Morgan fingerprint density at radius 1 is 1.06 bits per heavy atom. The van der Waals surface area contributed by atoms with Crippen molar-refractivity contribution in [3.63, 3.8) is 0 Å². The van der Waals surface area contributed by atoms with Crippen LogP contribution in [0.3, 0.4) is 0 Å². The predicted molar refractivity (Wildman–Crippen MR) is 138 cm³/mol. The van der Waals surface area contributed by atoms with Crippen molar-refractivity contribution in [2.24, 2.45) is 5.73 Å². The number of rotatable bonds is 6. The number of fused-ring (bicyclic) bond motifs is 1. The van der Waals surface area contributed by atoms with E-state index in [0.717, 1.165) is 22.3 Å². The summed E-state index contributed by atoms with van der Waals surface area (Å²) >= 11 is 0. The molecule has 0 radical (unpaired) electrons. The van der Waals surface area contributed by atoms with Crippen molar-refractivity contribution in [1.82, 2.24) is 10.3 Å². The largest absolute Gasteiger partial charge is 0.444 e. The number of nitrogens with two attached hydrogens (primary N) is 1. The summed E-state index contributed by atoms with van der Waals surface area (Å²) in [6, 6.07) is 15.9. The van der Waals surface area contributed by atoms with E-state index in [-0.39, 0.29) is 12.3 Å². The lowest BCUT2D eigenvalue weighted by atomic mass is 9.97. The molecule has 1 aromatic heterocycles. The van der Waals surface area contributed by atoms with Gasteiger partial charge in [-0.25, -0.2) is 4.79 Å². The van der Waals surface area contributed by atoms with Gasteiger partial charge in [-0.2, -0.15) is 0 Å². The summed E-state index contributed by atoms with van der Waals surface area (Å²) in [5, 5.41) is 2.76. The second-order valence-corrected chi connectivity index (χ2v) is 9.75. The minimum Gasteiger partial charge on any atom is -0.444 e. The summed E-state index contributed by atoms with van der Waals surface area (Å²) in [6.45, 7) is 5.67. The van der Waals surface area contributed by atoms with E-state index in [9.17, 15) is 14.4 Å². The highest BCUT2D eigenvalue weighted by Crippen LogP contribution is 2.36. The number of benzene rings is 2. The lowest BCUT2D eigenvalue weighted by molar-refractivity contribution is -0.120. The maximum atomic E-state index is 13.9. The Labute approximate surface area is 210 Å². The Morgan fingerprint density at radius 3 is 2.39 bits per heavy atom. The van der Waals surface area contributed by atoms with Crippen LogP contribution in [0, 0.1) is 0 Å². The minimum atomic E-state index is -0.866. The first-order valence-corrected chi connectivity index (χ1v) is 11.8. The molecule has 8 nitrogen and oxygen atoms in total. The molecule has 0 spiro atoms. The molecule has 1 atom stereocenters. The second-order valence-electron chi connectivity index (χ2n) is 9.75. The zero-order chi connectivity index (χ0) is 25.9. The standard InChI is InChI=1S/C28H30N4O4/c1-28(2,3)36-27(35)31-23(15-18-7-5-4-6-8-18)26(34)32-14-11-21-22(25(29)33)16-20(17-24(21)32)19-9-12-30-13-10-19/h4-10,12-13,16-17,23H,11,14-15H2,1-3H3,(H2,29,33)(H,31,35). The Kier molecular flexibility index (Phi) is 7.05. The van der Waals surface area contributed by atoms with E-state index in [1.54, 1.807) is 44.1 Å². The fraction of sp³-hybridized carbons (Fsp3) is 0.286. The van der Waals surface area contributed by atoms with E-state index < -0.39 is 23.6 Å². The van der Waals surface area contributed by atoms with Crippen molar-refractivity contribution in [3.8, 4) is 11.1 Å². The molecule has 3 N–H and O–H groups in total. The Morgan fingerprint density at radius 2 is 1.75 bits per heavy atom. The maximum absolute atomic E-state index is 13.9. The third-order valence-corrected chi connectivity index (χ3v) is 5.92. The van der Waals surface area contributed by atoms with Crippen LogP contribution in [0.25, 0.3) is 11.1 Å². The van der Waals surface area contributed by atoms with Crippen LogP contribution in [0.1, 0.15) is 42.3 Å². The third kappa shape index (κ3) is 5.71. The minimum absolute atomic E-state index is 0.286. The summed E-state index contributed by atoms with van der Waals surface area (Å²) in [7, 11) is 0. The van der Waals surface area contributed by atoms with Gasteiger partial charge in [0.2, 0.25) is 11.8 Å². The number of carbonyl (C=O) groups excluding carboxylic acids is 3. The van der Waals surface area contributed by atoms with Crippen molar-refractivity contribution in [2.75, 3.05) is 11.4 Å². The number of anilines is 1. The lowest BCUT2D eigenvalue weighted by Gasteiger charge is -2.27. The molecule has 0 saturated heterocycles. The van der Waals surface area contributed by atoms with Gasteiger partial charge in [-0.15, -0.1) is 0 Å². The smallest absolute Gasteiger partial charge is 0.408 e. The number of primary amides is 1. The predicted octanol–water partition coefficient (Wildman–Crippen LogP) is 3.87. The van der Waals surface area contributed by atoms with E-state index in [1.165, 1.54) is 0 Å². The molecule has 0 fully saturated rings. The van der Waals surface area contributed by atoms with E-state index in [4.69, 9.17) is 10.5 Å². The SMILES string of the molecule is CC(C)(C)OC(=O)NC(Cc1ccccc1)C(=O)N1CCc2c(C(N)=O)cc(-c3ccncc3)cc21. The van der Waals surface area contributed by atoms with Crippen LogP contribution in [0.2, 0.25) is 0 Å². The van der Waals surface area contributed by atoms with Crippen LogP contribution in [0.4, 0.5) is 10.5 Å². The summed E-state index contributed by atoms with van der Waals surface area (Å²) in [4.78, 5) is 44.5. The molecule has 1 aliphatic rings. The molecule has 2 heterocycles. The van der Waals surface area contributed by atoms with Gasteiger partial charge in [0, 0.05) is 36.6 Å². The Bertz CT molecular complexity index is 1270. The van der Waals surface area contributed by atoms with E-state index >= 15 is 0 Å². The van der Waals surface area contributed by atoms with Crippen LogP contribution >= 0.6 is 0 Å². The average Bonchev–Trinajstić information content (AvgIpc) is 3.26. The molecular weight excluding hydrogens is 456 g/mol. The van der Waals surface area contributed by atoms with Crippen LogP contribution in [0.5, 0.6) is 0 Å². The number of nitrogens with zero attached hydrogens (tertiary/aromatic N) is 2. The van der Waals surface area contributed by atoms with Gasteiger partial charge >= 0.3 is 6.09 Å². The molecule has 8 heteroatoms. The summed E-state index contributed by atoms with van der Waals surface area (Å²) in [5.74, 6) is -0.838. The highest BCUT2D eigenvalue weighted by molar-refractivity contribution is 6.05. The molecule has 3 amide bonds. The van der Waals surface area contributed by atoms with Crippen molar-refractivity contribution < 1.29 is 19.1 Å². The van der Waals surface area contributed by atoms with Crippen molar-refractivity contribution in [3.05, 3.63) is 83.7 Å². The third-order valence-electron chi connectivity index (χ3n) is 5.92. The average molecular weight is 487 g/mol. The summed E-state index contributed by atoms with van der Waals surface area (Å²) in [6.07, 6.45) is 3.43. The van der Waals surface area contributed by atoms with Gasteiger partial charge in [-0.05, 0) is 73.7 Å². The summed E-state index contributed by atoms with van der Waals surface area (Å²) < 4.78 is 5.43. The zero-order valence-electron chi connectivity index (χ0n) is 20.7. The van der Waals surface area contributed by atoms with Gasteiger partial charge in [0.05, 0.1) is 0 Å². The number of amides is 3. The fourth-order valence-corrected chi connectivity index (χ4v) is 4.35. The molecular formula is C28H30N4O4. The lowest BCUT2D eigenvalue weighted by Crippen LogP contribution is -2.50. The number of nitrogens with one attached hydrogen (secondary N) is 1. The number of aromatic nitrogens is 1. The zero-order valence-corrected chi connectivity index (χ0v) is 20.7. The number of alkyl carbamates (subject to hydrolysis) is 1. The van der Waals surface area contributed by atoms with Gasteiger partial charge in [0.1, 0.15) is 11.6 Å². The molecule has 1 aliphatic heterocycles. The van der Waals surface area contributed by atoms with Crippen molar-refractivity contribution >= 4 is 23.6 Å². The van der Waals surface area contributed by atoms with E-state index in [0.29, 0.717) is 24.2 Å². The van der Waals surface area contributed by atoms with Crippen LogP contribution < -0.4 is 16.0 Å². The molecule has 0 bridgehead atoms. The molecule has 4 rings (SSSR count). The van der Waals surface area contributed by atoms with Gasteiger partial charge in [-0.3, -0.25) is 14.6 Å². The molecule has 2 aromatic carbocycles. The number of hydrogen-bond donors (Lipinski definition) is 2. The number of hydrogen-bond acceptors (Lipinski definition) is 5. The quantitative estimate of drug-likeness (QED) is 0.549. The van der Waals surface area contributed by atoms with Crippen LogP contribution in [-0.2, 0) is 22.4 Å². The molecule has 186 valence electrons. The van der Waals surface area contributed by atoms with Crippen LogP contribution in [0.15, 0.2) is 67.0 Å². The molecule has 1 unspecified atom stereocenters. The highest BCUT2D eigenvalue weighted by Gasteiger charge is 2.34. The van der Waals surface area contributed by atoms with E-state index in [1.807, 2.05) is 48.5 Å². The molecule has 3 aromatic rings. The molecule has 36 heavy (non-hydrogen) atoms. The molecule has 0 aliphatic carbocycles. The molecule has 0 saturated carbocycles.